The molecule has 132 valence electrons. The van der Waals surface area contributed by atoms with E-state index in [4.69, 9.17) is 0 Å². The van der Waals surface area contributed by atoms with E-state index in [1.54, 1.807) is 6.07 Å². The lowest BCUT2D eigenvalue weighted by atomic mass is 9.83. The summed E-state index contributed by atoms with van der Waals surface area (Å²) in [5.41, 5.74) is 2.50. The van der Waals surface area contributed by atoms with Gasteiger partial charge in [-0.2, -0.15) is 5.10 Å². The van der Waals surface area contributed by atoms with Gasteiger partial charge in [0.2, 0.25) is 0 Å². The highest BCUT2D eigenvalue weighted by molar-refractivity contribution is 5.92. The summed E-state index contributed by atoms with van der Waals surface area (Å²) in [4.78, 5) is 26.9. The van der Waals surface area contributed by atoms with Gasteiger partial charge in [0, 0.05) is 48.4 Å². The van der Waals surface area contributed by atoms with Crippen molar-refractivity contribution in [1.82, 2.24) is 19.7 Å². The summed E-state index contributed by atoms with van der Waals surface area (Å²) in [5, 5.41) is 7.23. The second-order valence-electron chi connectivity index (χ2n) is 8.33. The Morgan fingerprint density at radius 1 is 1.24 bits per heavy atom. The van der Waals surface area contributed by atoms with Crippen LogP contribution in [0.5, 0.6) is 0 Å². The second kappa shape index (κ2) is 5.58. The second-order valence-corrected chi connectivity index (χ2v) is 8.33. The number of hydrogen-bond donors (Lipinski definition) is 1. The largest absolute Gasteiger partial charge is 0.336 e. The fourth-order valence-electron chi connectivity index (χ4n) is 4.04. The zero-order valence-corrected chi connectivity index (χ0v) is 15.0. The molecule has 25 heavy (non-hydrogen) atoms. The lowest BCUT2D eigenvalue weighted by Gasteiger charge is -2.42. The number of nitrogens with zero attached hydrogens (tertiary/aromatic N) is 3. The van der Waals surface area contributed by atoms with Crippen LogP contribution in [0.2, 0.25) is 0 Å². The molecule has 1 saturated heterocycles. The van der Waals surface area contributed by atoms with E-state index < -0.39 is 0 Å². The number of pyridine rings is 1. The summed E-state index contributed by atoms with van der Waals surface area (Å²) in [6.45, 7) is 8.31. The van der Waals surface area contributed by atoms with E-state index in [0.29, 0.717) is 31.2 Å². The number of rotatable bonds is 1. The smallest absolute Gasteiger partial charge is 0.274 e. The van der Waals surface area contributed by atoms with Crippen molar-refractivity contribution < 1.29 is 4.79 Å². The Kier molecular flexibility index (Phi) is 3.60. The van der Waals surface area contributed by atoms with Gasteiger partial charge in [0.05, 0.1) is 0 Å². The van der Waals surface area contributed by atoms with E-state index >= 15 is 0 Å². The first-order valence-electron chi connectivity index (χ1n) is 8.88. The van der Waals surface area contributed by atoms with Crippen molar-refractivity contribution in [3.63, 3.8) is 0 Å². The monoisotopic (exact) mass is 340 g/mol. The van der Waals surface area contributed by atoms with E-state index in [-0.39, 0.29) is 22.8 Å². The van der Waals surface area contributed by atoms with E-state index in [9.17, 15) is 9.59 Å². The van der Waals surface area contributed by atoms with E-state index in [2.05, 4.69) is 31.0 Å². The van der Waals surface area contributed by atoms with E-state index in [1.165, 1.54) is 0 Å². The first kappa shape index (κ1) is 16.1. The Morgan fingerprint density at radius 3 is 2.76 bits per heavy atom. The van der Waals surface area contributed by atoms with Crippen LogP contribution in [0.4, 0.5) is 0 Å². The summed E-state index contributed by atoms with van der Waals surface area (Å²) in [7, 11) is 0. The zero-order chi connectivity index (χ0) is 17.8. The van der Waals surface area contributed by atoms with Gasteiger partial charge < -0.3 is 9.47 Å². The molecule has 6 nitrogen and oxygen atoms in total. The predicted molar refractivity (Wildman–Crippen MR) is 94.7 cm³/mol. The van der Waals surface area contributed by atoms with Gasteiger partial charge in [-0.25, -0.2) is 0 Å². The zero-order valence-electron chi connectivity index (χ0n) is 15.0. The molecule has 4 heterocycles. The van der Waals surface area contributed by atoms with Crippen molar-refractivity contribution in [2.45, 2.75) is 45.1 Å². The molecule has 0 aromatic carbocycles. The maximum Gasteiger partial charge on any atom is 0.274 e. The normalized spacial score (nSPS) is 22.6. The third kappa shape index (κ3) is 2.79. The van der Waals surface area contributed by atoms with Crippen molar-refractivity contribution in [3.05, 3.63) is 51.7 Å². The van der Waals surface area contributed by atoms with E-state index in [0.717, 1.165) is 17.8 Å². The molecule has 0 unspecified atom stereocenters. The van der Waals surface area contributed by atoms with Gasteiger partial charge in [-0.15, -0.1) is 0 Å². The van der Waals surface area contributed by atoms with Crippen LogP contribution in [0.1, 0.15) is 55.0 Å². The fraction of sp³-hybridized carbons (Fsp3) is 0.526. The Bertz CT molecular complexity index is 874. The highest BCUT2D eigenvalue weighted by atomic mass is 16.2. The molecule has 1 N–H and O–H groups in total. The van der Waals surface area contributed by atoms with Gasteiger partial charge in [-0.3, -0.25) is 14.7 Å². The Hall–Kier alpha value is -2.37. The van der Waals surface area contributed by atoms with Crippen LogP contribution in [-0.2, 0) is 12.0 Å². The molecule has 0 spiro atoms. The molecule has 2 bridgehead atoms. The lowest BCUT2D eigenvalue weighted by molar-refractivity contribution is 0.0588. The Labute approximate surface area is 146 Å². The van der Waals surface area contributed by atoms with E-state index in [1.807, 2.05) is 27.7 Å². The minimum absolute atomic E-state index is 0.0202. The summed E-state index contributed by atoms with van der Waals surface area (Å²) < 4.78 is 1.88. The molecular formula is C19H24N4O2. The molecule has 2 aliphatic rings. The van der Waals surface area contributed by atoms with Crippen LogP contribution in [0, 0.1) is 5.92 Å². The summed E-state index contributed by atoms with van der Waals surface area (Å²) in [5.74, 6) is 0.538. The van der Waals surface area contributed by atoms with Crippen molar-refractivity contribution in [3.8, 4) is 0 Å². The average Bonchev–Trinajstić information content (AvgIpc) is 3.05. The van der Waals surface area contributed by atoms with Gasteiger partial charge >= 0.3 is 0 Å². The molecule has 1 fully saturated rings. The molecule has 4 rings (SSSR count). The number of H-pyrrole nitrogens is 1. The number of carbonyl (C=O) groups excluding carboxylic acids is 1. The quantitative estimate of drug-likeness (QED) is 0.864. The maximum absolute atomic E-state index is 12.9. The summed E-state index contributed by atoms with van der Waals surface area (Å²) >= 11 is 0. The van der Waals surface area contributed by atoms with Gasteiger partial charge in [-0.05, 0) is 24.5 Å². The number of aromatic amines is 1. The maximum atomic E-state index is 12.9. The molecule has 1 amide bonds. The summed E-state index contributed by atoms with van der Waals surface area (Å²) in [6.07, 6.45) is 1.04. The van der Waals surface area contributed by atoms with Crippen LogP contribution >= 0.6 is 0 Å². The third-order valence-electron chi connectivity index (χ3n) is 5.37. The van der Waals surface area contributed by atoms with Crippen molar-refractivity contribution in [2.75, 3.05) is 13.1 Å². The number of amides is 1. The first-order valence-corrected chi connectivity index (χ1v) is 8.88. The van der Waals surface area contributed by atoms with Crippen LogP contribution in [0.3, 0.4) is 0 Å². The van der Waals surface area contributed by atoms with Crippen molar-refractivity contribution in [2.24, 2.45) is 5.92 Å². The number of hydrogen-bond acceptors (Lipinski definition) is 3. The first-order chi connectivity index (χ1) is 11.8. The number of piperidine rings is 1. The number of carbonyl (C=O) groups is 1. The highest BCUT2D eigenvalue weighted by Gasteiger charge is 2.37. The predicted octanol–water partition coefficient (Wildman–Crippen LogP) is 2.13. The molecule has 2 atom stereocenters. The van der Waals surface area contributed by atoms with Crippen LogP contribution in [0.25, 0.3) is 0 Å². The molecule has 2 aromatic rings. The Balaban J connectivity index is 1.59. The summed E-state index contributed by atoms with van der Waals surface area (Å²) in [6, 6.07) is 7.32. The molecule has 2 aromatic heterocycles. The molecule has 0 saturated carbocycles. The average molecular weight is 340 g/mol. The standard InChI is InChI=1S/C19H24N4O2/c1-19(2,3)16-8-14(20-21-16)18(25)22-9-12-7-13(11-22)15-5-4-6-17(24)23(15)10-12/h4-6,8,12-13H,7,9-11H2,1-3H3,(H,20,21)/t12-,13+/m1/s1. The van der Waals surface area contributed by atoms with Gasteiger partial charge in [-0.1, -0.05) is 26.8 Å². The number of nitrogens with one attached hydrogen (secondary N) is 1. The van der Waals surface area contributed by atoms with Crippen LogP contribution < -0.4 is 5.56 Å². The van der Waals surface area contributed by atoms with Gasteiger partial charge in [0.25, 0.3) is 11.5 Å². The highest BCUT2D eigenvalue weighted by Crippen LogP contribution is 2.35. The molecule has 2 aliphatic heterocycles. The SMILES string of the molecule is CC(C)(C)c1cc(C(=O)N2C[C@H]3C[C@@H](C2)c2cccc(=O)n2C3)n[nH]1. The third-order valence-corrected chi connectivity index (χ3v) is 5.37. The molecule has 0 radical (unpaired) electrons. The van der Waals surface area contributed by atoms with Crippen molar-refractivity contribution >= 4 is 5.91 Å². The minimum Gasteiger partial charge on any atom is -0.336 e. The fourth-order valence-corrected chi connectivity index (χ4v) is 4.04. The number of likely N-dealkylation sites (tertiary alicyclic amines) is 1. The molecule has 0 aliphatic carbocycles. The van der Waals surface area contributed by atoms with Gasteiger partial charge in [0.15, 0.2) is 0 Å². The number of aromatic nitrogens is 3. The minimum atomic E-state index is -0.0654. The Morgan fingerprint density at radius 2 is 2.04 bits per heavy atom. The van der Waals surface area contributed by atoms with Gasteiger partial charge in [0.1, 0.15) is 5.69 Å². The lowest BCUT2D eigenvalue weighted by Crippen LogP contribution is -2.49. The topological polar surface area (TPSA) is 71.0 Å². The molecular weight excluding hydrogens is 316 g/mol. The molecule has 6 heteroatoms. The number of fused-ring (bicyclic) bond motifs is 4. The van der Waals surface area contributed by atoms with Crippen LogP contribution in [0.15, 0.2) is 29.1 Å². The van der Waals surface area contributed by atoms with Crippen molar-refractivity contribution in [1.29, 1.82) is 0 Å². The van der Waals surface area contributed by atoms with Crippen LogP contribution in [-0.4, -0.2) is 38.7 Å².